The molecule has 17 heavy (non-hydrogen) atoms. The normalized spacial score (nSPS) is 35.1. The van der Waals surface area contributed by atoms with Crippen molar-refractivity contribution < 1.29 is 0 Å². The van der Waals surface area contributed by atoms with Crippen molar-refractivity contribution in [2.24, 2.45) is 10.9 Å². The lowest BCUT2D eigenvalue weighted by Gasteiger charge is -2.35. The second-order valence-electron chi connectivity index (χ2n) is 5.74. The summed E-state index contributed by atoms with van der Waals surface area (Å²) >= 11 is 1.94. The molecular weight excluding hydrogens is 230 g/mol. The summed E-state index contributed by atoms with van der Waals surface area (Å²) in [6.07, 6.45) is 2.48. The van der Waals surface area contributed by atoms with Gasteiger partial charge in [-0.15, -0.1) is 0 Å². The Morgan fingerprint density at radius 2 is 2.24 bits per heavy atom. The average molecular weight is 255 g/mol. The molecule has 0 aromatic heterocycles. The van der Waals surface area contributed by atoms with Gasteiger partial charge in [0.05, 0.1) is 6.54 Å². The van der Waals surface area contributed by atoms with Crippen molar-refractivity contribution in [3.63, 3.8) is 0 Å². The van der Waals surface area contributed by atoms with Crippen LogP contribution in [0.2, 0.25) is 0 Å². The number of hydrogen-bond acceptors (Lipinski definition) is 4. The van der Waals surface area contributed by atoms with E-state index in [0.29, 0.717) is 17.3 Å². The van der Waals surface area contributed by atoms with E-state index in [9.17, 15) is 0 Å². The van der Waals surface area contributed by atoms with E-state index < -0.39 is 0 Å². The average Bonchev–Trinajstić information content (AvgIpc) is 2.72. The van der Waals surface area contributed by atoms with Gasteiger partial charge in [-0.1, -0.05) is 25.6 Å². The van der Waals surface area contributed by atoms with Gasteiger partial charge in [0.15, 0.2) is 5.17 Å². The topological polar surface area (TPSA) is 27.6 Å². The maximum Gasteiger partial charge on any atom is 0.157 e. The van der Waals surface area contributed by atoms with Crippen LogP contribution < -0.4 is 5.32 Å². The van der Waals surface area contributed by atoms with Gasteiger partial charge < -0.3 is 10.2 Å². The Kier molecular flexibility index (Phi) is 4.36. The summed E-state index contributed by atoms with van der Waals surface area (Å²) in [6, 6.07) is 1.31. The van der Waals surface area contributed by atoms with Crippen LogP contribution in [0.1, 0.15) is 33.6 Å². The van der Waals surface area contributed by atoms with Crippen molar-refractivity contribution in [1.82, 2.24) is 10.2 Å². The lowest BCUT2D eigenvalue weighted by molar-refractivity contribution is 0.177. The molecule has 1 saturated heterocycles. The maximum atomic E-state index is 4.63. The van der Waals surface area contributed by atoms with Crippen LogP contribution in [0.3, 0.4) is 0 Å². The minimum Gasteiger partial charge on any atom is -0.362 e. The number of nitrogens with zero attached hydrogens (tertiary/aromatic N) is 2. The van der Waals surface area contributed by atoms with E-state index in [-0.39, 0.29) is 0 Å². The Hall–Kier alpha value is -0.220. The molecule has 0 aromatic carbocycles. The van der Waals surface area contributed by atoms with Crippen molar-refractivity contribution in [2.45, 2.75) is 50.9 Å². The Morgan fingerprint density at radius 1 is 1.47 bits per heavy atom. The van der Waals surface area contributed by atoms with Crippen LogP contribution in [-0.4, -0.2) is 47.5 Å². The highest BCUT2D eigenvalue weighted by Gasteiger charge is 2.27. The molecule has 4 heteroatoms. The second-order valence-corrected chi connectivity index (χ2v) is 6.97. The summed E-state index contributed by atoms with van der Waals surface area (Å²) in [5.41, 5.74) is 0. The monoisotopic (exact) mass is 255 g/mol. The first-order chi connectivity index (χ1) is 8.06. The van der Waals surface area contributed by atoms with Gasteiger partial charge in [-0.05, 0) is 32.7 Å². The van der Waals surface area contributed by atoms with Gasteiger partial charge in [-0.2, -0.15) is 0 Å². The van der Waals surface area contributed by atoms with Gasteiger partial charge in [-0.25, -0.2) is 0 Å². The fraction of sp³-hybridized carbons (Fsp3) is 0.923. The molecule has 3 atom stereocenters. The predicted molar refractivity (Wildman–Crippen MR) is 76.8 cm³/mol. The van der Waals surface area contributed by atoms with Gasteiger partial charge in [0, 0.05) is 23.9 Å². The molecule has 2 rings (SSSR count). The first kappa shape index (κ1) is 13.2. The van der Waals surface area contributed by atoms with Gasteiger partial charge in [0.2, 0.25) is 0 Å². The molecule has 3 nitrogen and oxygen atoms in total. The molecule has 0 amide bonds. The summed E-state index contributed by atoms with van der Waals surface area (Å²) in [4.78, 5) is 7.07. The van der Waals surface area contributed by atoms with Crippen molar-refractivity contribution in [3.05, 3.63) is 0 Å². The first-order valence-corrected chi connectivity index (χ1v) is 7.62. The maximum absolute atomic E-state index is 4.63. The van der Waals surface area contributed by atoms with Gasteiger partial charge in [0.1, 0.15) is 0 Å². The molecule has 3 unspecified atom stereocenters. The molecule has 2 aliphatic rings. The molecule has 0 aliphatic carbocycles. The number of thioether (sulfide) groups is 1. The lowest BCUT2D eigenvalue weighted by atomic mass is 9.99. The Morgan fingerprint density at radius 3 is 2.82 bits per heavy atom. The second kappa shape index (κ2) is 5.61. The molecule has 0 radical (unpaired) electrons. The zero-order valence-corrected chi connectivity index (χ0v) is 12.3. The summed E-state index contributed by atoms with van der Waals surface area (Å²) in [5, 5.41) is 5.51. The Bertz CT molecular complexity index is 290. The molecule has 0 spiro atoms. The summed E-state index contributed by atoms with van der Waals surface area (Å²) in [5.74, 6) is 0.722. The van der Waals surface area contributed by atoms with Crippen molar-refractivity contribution >= 4 is 16.9 Å². The molecule has 1 N–H and O–H groups in total. The van der Waals surface area contributed by atoms with Gasteiger partial charge in [0.25, 0.3) is 0 Å². The smallest absolute Gasteiger partial charge is 0.157 e. The number of piperidine rings is 1. The van der Waals surface area contributed by atoms with E-state index in [1.165, 1.54) is 24.6 Å². The molecule has 0 bridgehead atoms. The van der Waals surface area contributed by atoms with Crippen LogP contribution in [0.25, 0.3) is 0 Å². The van der Waals surface area contributed by atoms with Gasteiger partial charge in [-0.3, -0.25) is 4.99 Å². The SMILES string of the molecule is CC(C)C1CN=C(NC2CCN(C)C(C)C2)S1. The van der Waals surface area contributed by atoms with Crippen molar-refractivity contribution in [1.29, 1.82) is 0 Å². The van der Waals surface area contributed by atoms with E-state index in [1.54, 1.807) is 0 Å². The number of nitrogens with one attached hydrogen (secondary N) is 1. The minimum atomic E-state index is 0.623. The van der Waals surface area contributed by atoms with Crippen molar-refractivity contribution in [3.8, 4) is 0 Å². The fourth-order valence-corrected chi connectivity index (χ4v) is 3.50. The molecule has 0 saturated carbocycles. The highest BCUT2D eigenvalue weighted by Crippen LogP contribution is 2.27. The minimum absolute atomic E-state index is 0.623. The quantitative estimate of drug-likeness (QED) is 0.819. The van der Waals surface area contributed by atoms with Crippen LogP contribution >= 0.6 is 11.8 Å². The first-order valence-electron chi connectivity index (χ1n) is 6.74. The summed E-state index contributed by atoms with van der Waals surface area (Å²) in [6.45, 7) is 9.08. The van der Waals surface area contributed by atoms with E-state index in [4.69, 9.17) is 0 Å². The molecular formula is C13H25N3S. The fourth-order valence-electron chi connectivity index (χ4n) is 2.41. The zero-order chi connectivity index (χ0) is 12.4. The number of likely N-dealkylation sites (tertiary alicyclic amines) is 1. The standard InChI is InChI=1S/C13H25N3S/c1-9(2)12-8-14-13(17-12)15-11-5-6-16(4)10(3)7-11/h9-12H,5-8H2,1-4H3,(H,14,15). The number of aliphatic imine (C=N–C) groups is 1. The molecule has 2 heterocycles. The van der Waals surface area contributed by atoms with E-state index >= 15 is 0 Å². The van der Waals surface area contributed by atoms with Crippen LogP contribution in [-0.2, 0) is 0 Å². The zero-order valence-electron chi connectivity index (χ0n) is 11.4. The van der Waals surface area contributed by atoms with Crippen LogP contribution in [0.15, 0.2) is 4.99 Å². The van der Waals surface area contributed by atoms with E-state index in [0.717, 1.165) is 12.5 Å². The predicted octanol–water partition coefficient (Wildman–Crippen LogP) is 2.19. The third-order valence-corrected chi connectivity index (χ3v) is 5.42. The number of amidine groups is 1. The van der Waals surface area contributed by atoms with E-state index in [2.05, 4.69) is 43.0 Å². The Labute approximate surface area is 109 Å². The highest BCUT2D eigenvalue weighted by molar-refractivity contribution is 8.14. The third kappa shape index (κ3) is 3.38. The van der Waals surface area contributed by atoms with Crippen LogP contribution in [0, 0.1) is 5.92 Å². The number of rotatable bonds is 2. The van der Waals surface area contributed by atoms with E-state index in [1.807, 2.05) is 11.8 Å². The molecule has 1 fully saturated rings. The lowest BCUT2D eigenvalue weighted by Crippen LogP contribution is -2.46. The van der Waals surface area contributed by atoms with Crippen molar-refractivity contribution in [2.75, 3.05) is 20.1 Å². The number of hydrogen-bond donors (Lipinski definition) is 1. The Balaban J connectivity index is 1.79. The largest absolute Gasteiger partial charge is 0.362 e. The third-order valence-electron chi connectivity index (χ3n) is 3.96. The van der Waals surface area contributed by atoms with Gasteiger partial charge >= 0.3 is 0 Å². The molecule has 0 aromatic rings. The van der Waals surface area contributed by atoms with Crippen LogP contribution in [0.5, 0.6) is 0 Å². The summed E-state index contributed by atoms with van der Waals surface area (Å²) in [7, 11) is 2.22. The molecule has 98 valence electrons. The molecule has 2 aliphatic heterocycles. The summed E-state index contributed by atoms with van der Waals surface area (Å²) < 4.78 is 0. The van der Waals surface area contributed by atoms with Crippen LogP contribution in [0.4, 0.5) is 0 Å². The highest BCUT2D eigenvalue weighted by atomic mass is 32.2.